The Kier molecular flexibility index (Phi) is 4.83. The van der Waals surface area contributed by atoms with Gasteiger partial charge in [-0.15, -0.1) is 0 Å². The Morgan fingerprint density at radius 3 is 2.43 bits per heavy atom. The first-order chi connectivity index (χ1) is 11.3. The van der Waals surface area contributed by atoms with E-state index >= 15 is 0 Å². The minimum Gasteiger partial charge on any atom is -0.394 e. The lowest BCUT2D eigenvalue weighted by Crippen LogP contribution is -2.17. The maximum atomic E-state index is 9.63. The molecule has 2 aromatic carbocycles. The van der Waals surface area contributed by atoms with Crippen LogP contribution in [0.2, 0.25) is 0 Å². The van der Waals surface area contributed by atoms with Gasteiger partial charge in [-0.05, 0) is 18.1 Å². The molecule has 0 amide bonds. The summed E-state index contributed by atoms with van der Waals surface area (Å²) in [6, 6.07) is 19.5. The third-order valence-corrected chi connectivity index (χ3v) is 4.03. The van der Waals surface area contributed by atoms with E-state index in [1.54, 1.807) is 0 Å². The number of hydrogen-bond donors (Lipinski definition) is 1. The highest BCUT2D eigenvalue weighted by atomic mass is 16.6. The summed E-state index contributed by atoms with van der Waals surface area (Å²) in [6.45, 7) is 1.91. The minimum atomic E-state index is -0.263. The Labute approximate surface area is 136 Å². The van der Waals surface area contributed by atoms with Crippen LogP contribution in [0.3, 0.4) is 0 Å². The molecule has 0 aliphatic carbocycles. The normalized spacial score (nSPS) is 21.9. The molecule has 118 valence electrons. The monoisotopic (exact) mass is 308 g/mol. The Hall–Kier alpha value is -2.46. The van der Waals surface area contributed by atoms with Crippen molar-refractivity contribution in [3.05, 3.63) is 71.8 Å². The van der Waals surface area contributed by atoms with Crippen molar-refractivity contribution < 1.29 is 9.94 Å². The standard InChI is InChI=1S/C19H20N2O2/c1-14-17(19(23-21-14)16-10-6-3-7-11-16)12-20-18(13-22)15-8-4-2-5-9-15/h2-12,17-19,22H,13H2,1H3/t17?,18-,19?/m1/s1. The number of aliphatic hydroxyl groups excluding tert-OH is 1. The van der Waals surface area contributed by atoms with Gasteiger partial charge in [0.15, 0.2) is 6.10 Å². The SMILES string of the molecule is CC1=NOC(c2ccccc2)C1C=N[C@H](CO)c1ccccc1. The molecule has 0 fully saturated rings. The third kappa shape index (κ3) is 3.48. The molecule has 1 aliphatic rings. The maximum absolute atomic E-state index is 9.63. The summed E-state index contributed by atoms with van der Waals surface area (Å²) in [5.74, 6) is -0.0184. The van der Waals surface area contributed by atoms with E-state index in [1.807, 2.05) is 73.8 Å². The van der Waals surface area contributed by atoms with Crippen LogP contribution in [0.25, 0.3) is 0 Å². The van der Waals surface area contributed by atoms with Crippen molar-refractivity contribution in [2.24, 2.45) is 16.1 Å². The number of oxime groups is 1. The highest BCUT2D eigenvalue weighted by molar-refractivity contribution is 5.98. The first-order valence-electron chi connectivity index (χ1n) is 7.74. The zero-order valence-corrected chi connectivity index (χ0v) is 13.0. The summed E-state index contributed by atoms with van der Waals surface area (Å²) in [7, 11) is 0. The van der Waals surface area contributed by atoms with Gasteiger partial charge in [0.1, 0.15) is 0 Å². The van der Waals surface area contributed by atoms with Crippen molar-refractivity contribution in [3.63, 3.8) is 0 Å². The predicted molar refractivity (Wildman–Crippen MR) is 91.6 cm³/mol. The fourth-order valence-electron chi connectivity index (χ4n) is 2.69. The number of hydrogen-bond acceptors (Lipinski definition) is 4. The fraction of sp³-hybridized carbons (Fsp3) is 0.263. The third-order valence-electron chi connectivity index (χ3n) is 4.03. The van der Waals surface area contributed by atoms with Gasteiger partial charge >= 0.3 is 0 Å². The van der Waals surface area contributed by atoms with Crippen LogP contribution < -0.4 is 0 Å². The van der Waals surface area contributed by atoms with Gasteiger partial charge in [-0.2, -0.15) is 0 Å². The van der Waals surface area contributed by atoms with E-state index in [0.717, 1.165) is 16.8 Å². The van der Waals surface area contributed by atoms with Crippen molar-refractivity contribution in [2.45, 2.75) is 19.1 Å². The molecular formula is C19H20N2O2. The van der Waals surface area contributed by atoms with Crippen LogP contribution in [-0.4, -0.2) is 23.6 Å². The van der Waals surface area contributed by atoms with Crippen LogP contribution in [0.1, 0.15) is 30.2 Å². The number of aliphatic hydroxyl groups is 1. The molecule has 4 heteroatoms. The van der Waals surface area contributed by atoms with E-state index in [2.05, 4.69) is 10.1 Å². The first kappa shape index (κ1) is 15.4. The van der Waals surface area contributed by atoms with Gasteiger partial charge in [-0.25, -0.2) is 0 Å². The molecule has 3 rings (SSSR count). The topological polar surface area (TPSA) is 54.2 Å². The van der Waals surface area contributed by atoms with Gasteiger partial charge in [0.25, 0.3) is 0 Å². The molecule has 0 aromatic heterocycles. The van der Waals surface area contributed by atoms with Crippen LogP contribution in [0.4, 0.5) is 0 Å². The zero-order chi connectivity index (χ0) is 16.1. The van der Waals surface area contributed by atoms with E-state index in [9.17, 15) is 5.11 Å². The summed E-state index contributed by atoms with van der Waals surface area (Å²) in [6.07, 6.45) is 1.70. The molecule has 23 heavy (non-hydrogen) atoms. The van der Waals surface area contributed by atoms with E-state index < -0.39 is 0 Å². The maximum Gasteiger partial charge on any atom is 0.165 e. The summed E-state index contributed by atoms with van der Waals surface area (Å²) in [5.41, 5.74) is 2.97. The summed E-state index contributed by atoms with van der Waals surface area (Å²) < 4.78 is 0. The second kappa shape index (κ2) is 7.20. The Bertz CT molecular complexity index is 683. The van der Waals surface area contributed by atoms with Crippen LogP contribution in [0.15, 0.2) is 70.8 Å². The molecule has 0 radical (unpaired) electrons. The molecule has 2 unspecified atom stereocenters. The summed E-state index contributed by atoms with van der Waals surface area (Å²) in [4.78, 5) is 10.2. The molecule has 0 spiro atoms. The molecule has 0 saturated carbocycles. The van der Waals surface area contributed by atoms with E-state index in [0.29, 0.717) is 0 Å². The fourth-order valence-corrected chi connectivity index (χ4v) is 2.69. The smallest absolute Gasteiger partial charge is 0.165 e. The average molecular weight is 308 g/mol. The zero-order valence-electron chi connectivity index (χ0n) is 13.0. The van der Waals surface area contributed by atoms with Gasteiger partial charge < -0.3 is 9.94 Å². The lowest BCUT2D eigenvalue weighted by Gasteiger charge is -2.16. The van der Waals surface area contributed by atoms with Gasteiger partial charge in [0.05, 0.1) is 24.3 Å². The van der Waals surface area contributed by atoms with Crippen LogP contribution in [0.5, 0.6) is 0 Å². The quantitative estimate of drug-likeness (QED) is 0.859. The second-order valence-corrected chi connectivity index (χ2v) is 5.60. The van der Waals surface area contributed by atoms with Gasteiger partial charge in [0, 0.05) is 6.21 Å². The highest BCUT2D eigenvalue weighted by Crippen LogP contribution is 2.32. The Balaban J connectivity index is 1.80. The predicted octanol–water partition coefficient (Wildman–Crippen LogP) is 3.55. The molecule has 1 heterocycles. The largest absolute Gasteiger partial charge is 0.394 e. The lowest BCUT2D eigenvalue weighted by molar-refractivity contribution is 0.0749. The van der Waals surface area contributed by atoms with Gasteiger partial charge in [-0.3, -0.25) is 4.99 Å². The average Bonchev–Trinajstić information content (AvgIpc) is 2.98. The van der Waals surface area contributed by atoms with Crippen molar-refractivity contribution >= 4 is 11.9 Å². The summed E-state index contributed by atoms with van der Waals surface area (Å²) >= 11 is 0. The molecule has 2 aromatic rings. The molecular weight excluding hydrogens is 288 g/mol. The van der Waals surface area contributed by atoms with Gasteiger partial charge in [0.2, 0.25) is 0 Å². The van der Waals surface area contributed by atoms with Crippen LogP contribution in [0, 0.1) is 5.92 Å². The van der Waals surface area contributed by atoms with E-state index in [1.165, 1.54) is 0 Å². The second-order valence-electron chi connectivity index (χ2n) is 5.60. The summed E-state index contributed by atoms with van der Waals surface area (Å²) in [5, 5.41) is 13.7. The van der Waals surface area contributed by atoms with Crippen molar-refractivity contribution in [2.75, 3.05) is 6.61 Å². The molecule has 3 atom stereocenters. The van der Waals surface area contributed by atoms with Crippen molar-refractivity contribution in [3.8, 4) is 0 Å². The molecule has 0 bridgehead atoms. The van der Waals surface area contributed by atoms with E-state index in [4.69, 9.17) is 4.84 Å². The van der Waals surface area contributed by atoms with Crippen LogP contribution >= 0.6 is 0 Å². The first-order valence-corrected chi connectivity index (χ1v) is 7.74. The number of nitrogens with zero attached hydrogens (tertiary/aromatic N) is 2. The molecule has 1 aliphatic heterocycles. The van der Waals surface area contributed by atoms with Crippen LogP contribution in [-0.2, 0) is 4.84 Å². The Morgan fingerprint density at radius 2 is 1.78 bits per heavy atom. The van der Waals surface area contributed by atoms with E-state index in [-0.39, 0.29) is 24.7 Å². The minimum absolute atomic E-state index is 0.0184. The molecule has 0 saturated heterocycles. The highest BCUT2D eigenvalue weighted by Gasteiger charge is 2.31. The van der Waals surface area contributed by atoms with Crippen molar-refractivity contribution in [1.29, 1.82) is 0 Å². The van der Waals surface area contributed by atoms with Crippen molar-refractivity contribution in [1.82, 2.24) is 0 Å². The lowest BCUT2D eigenvalue weighted by atomic mass is 9.93. The molecule has 1 N–H and O–H groups in total. The van der Waals surface area contributed by atoms with Gasteiger partial charge in [-0.1, -0.05) is 65.8 Å². The Morgan fingerprint density at radius 1 is 1.13 bits per heavy atom. The number of benzene rings is 2. The number of aliphatic imine (C=N–C) groups is 1. The molecule has 4 nitrogen and oxygen atoms in total. The number of rotatable bonds is 5.